The van der Waals surface area contributed by atoms with Gasteiger partial charge in [-0.05, 0) is 21.3 Å². The smallest absolute Gasteiger partial charge is 0.147 e. The summed E-state index contributed by atoms with van der Waals surface area (Å²) in [4.78, 5) is 4.06. The predicted octanol–water partition coefficient (Wildman–Crippen LogP) is 1.18. The number of hydrazine groups is 1. The van der Waals surface area contributed by atoms with Crippen LogP contribution < -0.4 is 11.3 Å². The van der Waals surface area contributed by atoms with E-state index in [-0.39, 0.29) is 6.04 Å². The van der Waals surface area contributed by atoms with Gasteiger partial charge in [-0.3, -0.25) is 10.9 Å². The molecule has 0 aromatic carbocycles. The fourth-order valence-corrected chi connectivity index (χ4v) is 2.72. The Morgan fingerprint density at radius 2 is 2.43 bits per heavy atom. The Kier molecular flexibility index (Phi) is 2.92. The lowest BCUT2D eigenvalue weighted by Gasteiger charge is -2.11. The highest BCUT2D eigenvalue weighted by molar-refractivity contribution is 9.10. The van der Waals surface area contributed by atoms with Gasteiger partial charge in [-0.25, -0.2) is 10.4 Å². The van der Waals surface area contributed by atoms with Crippen LogP contribution in [0.4, 0.5) is 0 Å². The molecule has 2 aromatic heterocycles. The first-order valence-electron chi connectivity index (χ1n) is 3.86. The molecule has 74 valence electrons. The van der Waals surface area contributed by atoms with Crippen molar-refractivity contribution in [2.45, 2.75) is 6.04 Å². The quantitative estimate of drug-likeness (QED) is 0.580. The Hall–Kier alpha value is -0.760. The van der Waals surface area contributed by atoms with Crippen LogP contribution >= 0.6 is 27.3 Å². The molecule has 2 heterocycles. The zero-order chi connectivity index (χ0) is 9.97. The van der Waals surface area contributed by atoms with Crippen molar-refractivity contribution in [3.05, 3.63) is 32.9 Å². The summed E-state index contributed by atoms with van der Waals surface area (Å²) >= 11 is 5.05. The second kappa shape index (κ2) is 4.18. The molecule has 0 aliphatic carbocycles. The van der Waals surface area contributed by atoms with Crippen molar-refractivity contribution in [1.29, 1.82) is 0 Å². The molecule has 0 bridgehead atoms. The number of halogens is 1. The first-order chi connectivity index (χ1) is 6.83. The number of aromatic nitrogens is 3. The van der Waals surface area contributed by atoms with Gasteiger partial charge < -0.3 is 0 Å². The molecule has 0 fully saturated rings. The third kappa shape index (κ3) is 1.71. The zero-order valence-electron chi connectivity index (χ0n) is 7.07. The molecule has 0 saturated carbocycles. The third-order valence-electron chi connectivity index (χ3n) is 1.83. The summed E-state index contributed by atoms with van der Waals surface area (Å²) < 4.78 is 1.02. The molecule has 0 spiro atoms. The Morgan fingerprint density at radius 3 is 2.93 bits per heavy atom. The molecule has 5 nitrogen and oxygen atoms in total. The van der Waals surface area contributed by atoms with Crippen LogP contribution in [0.15, 0.2) is 21.6 Å². The number of rotatable bonds is 3. The summed E-state index contributed by atoms with van der Waals surface area (Å²) in [6.45, 7) is 0. The highest BCUT2D eigenvalue weighted by Crippen LogP contribution is 2.29. The molecule has 0 saturated heterocycles. The van der Waals surface area contributed by atoms with Crippen LogP contribution in [-0.2, 0) is 0 Å². The van der Waals surface area contributed by atoms with E-state index in [0.717, 1.165) is 10.0 Å². The minimum absolute atomic E-state index is 0.155. The van der Waals surface area contributed by atoms with E-state index in [4.69, 9.17) is 5.84 Å². The van der Waals surface area contributed by atoms with Crippen molar-refractivity contribution in [2.24, 2.45) is 5.84 Å². The largest absolute Gasteiger partial charge is 0.270 e. The standard InChI is InChI=1S/C7H8BrN5S/c8-5-2-14-1-4(5)6(12-9)7-10-3-11-13-7/h1-3,6,12H,9H2,(H,10,11,13). The number of nitrogens with two attached hydrogens (primary N) is 1. The molecule has 1 unspecified atom stereocenters. The van der Waals surface area contributed by atoms with Crippen LogP contribution in [0.25, 0.3) is 0 Å². The zero-order valence-corrected chi connectivity index (χ0v) is 9.47. The minimum atomic E-state index is -0.155. The number of H-pyrrole nitrogens is 1. The average Bonchev–Trinajstić information content (AvgIpc) is 2.80. The SMILES string of the molecule is NNC(c1ncn[nH]1)c1cscc1Br. The maximum Gasteiger partial charge on any atom is 0.147 e. The monoisotopic (exact) mass is 273 g/mol. The number of nitrogens with zero attached hydrogens (tertiary/aromatic N) is 2. The molecular weight excluding hydrogens is 266 g/mol. The summed E-state index contributed by atoms with van der Waals surface area (Å²) in [6.07, 6.45) is 1.46. The van der Waals surface area contributed by atoms with Crippen molar-refractivity contribution in [2.75, 3.05) is 0 Å². The van der Waals surface area contributed by atoms with Gasteiger partial charge in [0.2, 0.25) is 0 Å². The fourth-order valence-electron chi connectivity index (χ4n) is 1.17. The van der Waals surface area contributed by atoms with E-state index in [9.17, 15) is 0 Å². The van der Waals surface area contributed by atoms with Crippen molar-refractivity contribution >= 4 is 27.3 Å². The van der Waals surface area contributed by atoms with Gasteiger partial charge in [-0.2, -0.15) is 16.4 Å². The van der Waals surface area contributed by atoms with Gasteiger partial charge in [0.25, 0.3) is 0 Å². The topological polar surface area (TPSA) is 79.6 Å². The number of aromatic amines is 1. The summed E-state index contributed by atoms with van der Waals surface area (Å²) in [5, 5.41) is 10.6. The molecule has 2 aromatic rings. The van der Waals surface area contributed by atoms with Gasteiger partial charge in [0, 0.05) is 15.4 Å². The van der Waals surface area contributed by atoms with Crippen LogP contribution in [0.5, 0.6) is 0 Å². The first kappa shape index (κ1) is 9.78. The summed E-state index contributed by atoms with van der Waals surface area (Å²) in [5.74, 6) is 6.17. The summed E-state index contributed by atoms with van der Waals surface area (Å²) in [5.41, 5.74) is 3.74. The predicted molar refractivity (Wildman–Crippen MR) is 57.6 cm³/mol. The molecule has 0 aliphatic heterocycles. The third-order valence-corrected chi connectivity index (χ3v) is 3.58. The number of hydrogen-bond donors (Lipinski definition) is 3. The summed E-state index contributed by atoms with van der Waals surface area (Å²) in [7, 11) is 0. The molecule has 0 radical (unpaired) electrons. The molecule has 7 heteroatoms. The lowest BCUT2D eigenvalue weighted by molar-refractivity contribution is 0.604. The van der Waals surface area contributed by atoms with E-state index in [1.54, 1.807) is 11.3 Å². The number of nitrogens with one attached hydrogen (secondary N) is 2. The van der Waals surface area contributed by atoms with E-state index < -0.39 is 0 Å². The molecule has 0 amide bonds. The lowest BCUT2D eigenvalue weighted by Crippen LogP contribution is -2.29. The van der Waals surface area contributed by atoms with Crippen LogP contribution in [0.1, 0.15) is 17.4 Å². The Bertz CT molecular complexity index is 398. The van der Waals surface area contributed by atoms with Crippen molar-refractivity contribution in [3.8, 4) is 0 Å². The lowest BCUT2D eigenvalue weighted by atomic mass is 10.1. The minimum Gasteiger partial charge on any atom is -0.270 e. The number of thiophene rings is 1. The van der Waals surface area contributed by atoms with Crippen molar-refractivity contribution < 1.29 is 0 Å². The van der Waals surface area contributed by atoms with Crippen molar-refractivity contribution in [1.82, 2.24) is 20.6 Å². The van der Waals surface area contributed by atoms with Gasteiger partial charge in [0.15, 0.2) is 0 Å². The molecule has 0 aliphatic rings. The van der Waals surface area contributed by atoms with Crippen LogP contribution in [0.2, 0.25) is 0 Å². The van der Waals surface area contributed by atoms with E-state index >= 15 is 0 Å². The van der Waals surface area contributed by atoms with Gasteiger partial charge in [-0.15, -0.1) is 0 Å². The highest BCUT2D eigenvalue weighted by Gasteiger charge is 2.18. The van der Waals surface area contributed by atoms with E-state index in [1.165, 1.54) is 6.33 Å². The average molecular weight is 274 g/mol. The van der Waals surface area contributed by atoms with Crippen LogP contribution in [-0.4, -0.2) is 15.2 Å². The fraction of sp³-hybridized carbons (Fsp3) is 0.143. The second-order valence-corrected chi connectivity index (χ2v) is 4.24. The molecule has 2 rings (SSSR count). The van der Waals surface area contributed by atoms with Gasteiger partial charge in [0.1, 0.15) is 18.2 Å². The van der Waals surface area contributed by atoms with Crippen LogP contribution in [0.3, 0.4) is 0 Å². The number of hydrogen-bond acceptors (Lipinski definition) is 5. The van der Waals surface area contributed by atoms with Crippen LogP contribution in [0, 0.1) is 0 Å². The van der Waals surface area contributed by atoms with Gasteiger partial charge >= 0.3 is 0 Å². The molecule has 14 heavy (non-hydrogen) atoms. The maximum atomic E-state index is 5.47. The Labute approximate surface area is 92.8 Å². The highest BCUT2D eigenvalue weighted by atomic mass is 79.9. The van der Waals surface area contributed by atoms with E-state index in [1.807, 2.05) is 10.8 Å². The molecule has 4 N–H and O–H groups in total. The van der Waals surface area contributed by atoms with E-state index in [2.05, 4.69) is 36.5 Å². The van der Waals surface area contributed by atoms with Gasteiger partial charge in [0.05, 0.1) is 0 Å². The first-order valence-corrected chi connectivity index (χ1v) is 5.59. The van der Waals surface area contributed by atoms with E-state index in [0.29, 0.717) is 5.82 Å². The van der Waals surface area contributed by atoms with Crippen molar-refractivity contribution in [3.63, 3.8) is 0 Å². The Morgan fingerprint density at radius 1 is 1.57 bits per heavy atom. The molecular formula is C7H8BrN5S. The maximum absolute atomic E-state index is 5.47. The Balaban J connectivity index is 2.36. The second-order valence-electron chi connectivity index (χ2n) is 2.65. The molecule has 1 atom stereocenters. The van der Waals surface area contributed by atoms with Gasteiger partial charge in [-0.1, -0.05) is 0 Å². The normalized spacial score (nSPS) is 13.0. The summed E-state index contributed by atoms with van der Waals surface area (Å²) in [6, 6.07) is -0.155.